The Labute approximate surface area is 222 Å². The Balaban J connectivity index is 1.80. The van der Waals surface area contributed by atoms with Crippen LogP contribution in [-0.2, 0) is 14.3 Å². The fraction of sp³-hybridized carbons (Fsp3) is 0.500. The number of aromatic nitrogens is 2. The number of hydrogen-bond donors (Lipinski definition) is 3. The summed E-state index contributed by atoms with van der Waals surface area (Å²) in [6.45, 7) is 5.74. The maximum atomic E-state index is 12.5. The number of aliphatic hydroxyl groups is 2. The standard InChI is InChI=1S/C22H27N6O10P/c1-12(19(32)37-21(2,3)4)25-39(34)38-14-8-6-5-7-13(14)35-11-22(26-27-23)17(31)16(30)18(36-22)28-10-9-15(29)24-20(28)33/h5-10,12,16-18,30-31H,11H2,1-4H3,(H,24,29,33)/t12-,16+,17-,18+,22+/m0/s1. The monoisotopic (exact) mass is 566 g/mol. The first-order chi connectivity index (χ1) is 18.3. The van der Waals surface area contributed by atoms with E-state index in [2.05, 4.69) is 14.8 Å². The topological polar surface area (TPSA) is 233 Å². The predicted octanol–water partition coefficient (Wildman–Crippen LogP) is 0.838. The summed E-state index contributed by atoms with van der Waals surface area (Å²) in [6.07, 6.45) is -4.15. The molecule has 6 atom stereocenters. The summed E-state index contributed by atoms with van der Waals surface area (Å²) in [5.74, 6) is -0.808. The predicted molar refractivity (Wildman–Crippen MR) is 133 cm³/mol. The van der Waals surface area contributed by atoms with E-state index in [4.69, 9.17) is 24.3 Å². The molecule has 39 heavy (non-hydrogen) atoms. The van der Waals surface area contributed by atoms with E-state index < -0.39 is 67.8 Å². The van der Waals surface area contributed by atoms with Crippen LogP contribution in [0, 0.1) is 0 Å². The van der Waals surface area contributed by atoms with Gasteiger partial charge in [-0.15, -0.1) is 0 Å². The molecule has 1 saturated heterocycles. The molecule has 1 fully saturated rings. The van der Waals surface area contributed by atoms with Crippen LogP contribution in [-0.4, -0.2) is 61.9 Å². The van der Waals surface area contributed by atoms with Gasteiger partial charge < -0.3 is 29.3 Å². The third-order valence-corrected chi connectivity index (χ3v) is 6.11. The van der Waals surface area contributed by atoms with Crippen LogP contribution in [0.4, 0.5) is 0 Å². The minimum Gasteiger partial charge on any atom is -0.575 e. The molecule has 3 rings (SSSR count). The Morgan fingerprint density at radius 1 is 1.31 bits per heavy atom. The molecule has 0 amide bonds. The number of esters is 1. The molecular formula is C22H27N6O10P. The number of hydrogen-bond acceptors (Lipinski definition) is 12. The quantitative estimate of drug-likeness (QED) is 0.127. The van der Waals surface area contributed by atoms with E-state index >= 15 is 0 Å². The number of aromatic amines is 1. The molecule has 0 saturated carbocycles. The first-order valence-corrected chi connectivity index (χ1v) is 12.6. The lowest BCUT2D eigenvalue weighted by Gasteiger charge is -2.26. The van der Waals surface area contributed by atoms with Crippen LogP contribution in [0.3, 0.4) is 0 Å². The van der Waals surface area contributed by atoms with Gasteiger partial charge in [0.1, 0.15) is 24.4 Å². The number of rotatable bonds is 9. The van der Waals surface area contributed by atoms with Gasteiger partial charge in [0.25, 0.3) is 5.56 Å². The molecule has 0 radical (unpaired) electrons. The highest BCUT2D eigenvalue weighted by Crippen LogP contribution is 2.40. The first kappa shape index (κ1) is 29.8. The summed E-state index contributed by atoms with van der Waals surface area (Å²) >= 11 is 0. The van der Waals surface area contributed by atoms with Crippen molar-refractivity contribution in [3.8, 4) is 11.5 Å². The highest BCUT2D eigenvalue weighted by atomic mass is 31.1. The molecule has 210 valence electrons. The lowest BCUT2D eigenvalue weighted by atomic mass is 10.1. The van der Waals surface area contributed by atoms with E-state index in [-0.39, 0.29) is 11.5 Å². The molecule has 1 unspecified atom stereocenters. The number of ether oxygens (including phenoxy) is 3. The van der Waals surface area contributed by atoms with Gasteiger partial charge in [-0.2, -0.15) is 0 Å². The molecule has 2 heterocycles. The molecule has 3 N–H and O–H groups in total. The third kappa shape index (κ3) is 7.20. The molecule has 1 aliphatic rings. The number of para-hydroxylation sites is 2. The van der Waals surface area contributed by atoms with Gasteiger partial charge in [0, 0.05) is 17.2 Å². The average Bonchev–Trinajstić information content (AvgIpc) is 3.08. The van der Waals surface area contributed by atoms with Gasteiger partial charge in [-0.25, -0.2) is 9.59 Å². The van der Waals surface area contributed by atoms with Gasteiger partial charge in [-0.1, -0.05) is 22.0 Å². The van der Waals surface area contributed by atoms with E-state index in [1.54, 1.807) is 26.8 Å². The summed E-state index contributed by atoms with van der Waals surface area (Å²) in [5, 5.41) is 24.7. The van der Waals surface area contributed by atoms with Crippen molar-refractivity contribution in [1.82, 2.24) is 9.55 Å². The first-order valence-electron chi connectivity index (χ1n) is 11.5. The fourth-order valence-corrected chi connectivity index (χ4v) is 4.18. The van der Waals surface area contributed by atoms with E-state index in [1.807, 2.05) is 4.98 Å². The highest BCUT2D eigenvalue weighted by Gasteiger charge is 2.56. The Morgan fingerprint density at radius 3 is 2.59 bits per heavy atom. The average molecular weight is 566 g/mol. The van der Waals surface area contributed by atoms with Crippen LogP contribution < -0.4 is 25.4 Å². The van der Waals surface area contributed by atoms with Crippen LogP contribution in [0.5, 0.6) is 11.5 Å². The van der Waals surface area contributed by atoms with Crippen LogP contribution in [0.15, 0.2) is 56.0 Å². The van der Waals surface area contributed by atoms with Crippen LogP contribution >= 0.6 is 8.17 Å². The number of nitrogens with zero attached hydrogens (tertiary/aromatic N) is 5. The van der Waals surface area contributed by atoms with Gasteiger partial charge in [0.2, 0.25) is 11.5 Å². The van der Waals surface area contributed by atoms with Gasteiger partial charge >= 0.3 is 19.8 Å². The Kier molecular flexibility index (Phi) is 9.12. The zero-order chi connectivity index (χ0) is 29.0. The molecule has 0 bridgehead atoms. The Morgan fingerprint density at radius 2 is 1.97 bits per heavy atom. The lowest BCUT2D eigenvalue weighted by molar-refractivity contribution is -0.170. The van der Waals surface area contributed by atoms with E-state index in [1.165, 1.54) is 25.1 Å². The second-order valence-corrected chi connectivity index (χ2v) is 10.3. The van der Waals surface area contributed by atoms with Crippen LogP contribution in [0.2, 0.25) is 0 Å². The van der Waals surface area contributed by atoms with Crippen molar-refractivity contribution in [2.45, 2.75) is 63.5 Å². The van der Waals surface area contributed by atoms with Crippen molar-refractivity contribution in [2.75, 3.05) is 6.61 Å². The number of nitrogens with one attached hydrogen (secondary N) is 1. The van der Waals surface area contributed by atoms with Crippen molar-refractivity contribution < 1.29 is 38.6 Å². The van der Waals surface area contributed by atoms with Crippen molar-refractivity contribution in [3.05, 3.63) is 67.8 Å². The SMILES string of the molecule is C[C@H](N=[P+]([O-])Oc1ccccc1OC[C@@]1(N=[N+]=[N-])O[C@@H](n2ccc(=O)[nH]c2=O)[C@H](O)[C@@H]1O)C(=O)OC(C)(C)C. The number of carbonyl (C=O) groups excluding carboxylic acids is 1. The summed E-state index contributed by atoms with van der Waals surface area (Å²) in [4.78, 5) is 52.8. The summed E-state index contributed by atoms with van der Waals surface area (Å²) in [7, 11) is -2.76. The summed E-state index contributed by atoms with van der Waals surface area (Å²) in [5.41, 5.74) is 4.49. The zero-order valence-corrected chi connectivity index (χ0v) is 22.2. The van der Waals surface area contributed by atoms with Gasteiger partial charge in [-0.3, -0.25) is 18.9 Å². The third-order valence-electron chi connectivity index (χ3n) is 5.22. The fourth-order valence-electron chi connectivity index (χ4n) is 3.44. The highest BCUT2D eigenvalue weighted by molar-refractivity contribution is 7.34. The molecular weight excluding hydrogens is 539 g/mol. The van der Waals surface area contributed by atoms with Gasteiger partial charge in [0.15, 0.2) is 18.0 Å². The molecule has 1 aromatic carbocycles. The molecule has 0 aliphatic carbocycles. The molecule has 1 aliphatic heterocycles. The van der Waals surface area contributed by atoms with Crippen molar-refractivity contribution in [2.24, 2.45) is 9.86 Å². The molecule has 16 nitrogen and oxygen atoms in total. The van der Waals surface area contributed by atoms with Crippen molar-refractivity contribution in [3.63, 3.8) is 0 Å². The van der Waals surface area contributed by atoms with E-state index in [0.717, 1.165) is 16.8 Å². The smallest absolute Gasteiger partial charge is 0.395 e. The maximum absolute atomic E-state index is 12.5. The maximum Gasteiger partial charge on any atom is 0.395 e. The number of benzene rings is 1. The number of aliphatic hydroxyl groups excluding tert-OH is 2. The van der Waals surface area contributed by atoms with Gasteiger partial charge in [0.05, 0.1) is 0 Å². The van der Waals surface area contributed by atoms with E-state index in [0.29, 0.717) is 0 Å². The van der Waals surface area contributed by atoms with Crippen LogP contribution in [0.25, 0.3) is 10.4 Å². The Bertz CT molecular complexity index is 1400. The second-order valence-electron chi connectivity index (χ2n) is 9.38. The molecule has 17 heteroatoms. The van der Waals surface area contributed by atoms with Gasteiger partial charge in [-0.05, 0) is 45.4 Å². The summed E-state index contributed by atoms with van der Waals surface area (Å²) in [6, 6.07) is 5.78. The minimum atomic E-state index is -2.76. The summed E-state index contributed by atoms with van der Waals surface area (Å²) < 4.78 is 26.4. The molecule has 2 aromatic rings. The van der Waals surface area contributed by atoms with Crippen LogP contribution in [0.1, 0.15) is 33.9 Å². The molecule has 0 spiro atoms. The Hall–Kier alpha value is -3.78. The largest absolute Gasteiger partial charge is 0.575 e. The normalized spacial score (nSPS) is 24.0. The van der Waals surface area contributed by atoms with Crippen molar-refractivity contribution in [1.29, 1.82) is 0 Å². The van der Waals surface area contributed by atoms with E-state index in [9.17, 15) is 29.5 Å². The zero-order valence-electron chi connectivity index (χ0n) is 21.3. The number of carbonyl (C=O) groups is 1. The lowest BCUT2D eigenvalue weighted by Crippen LogP contribution is -2.46. The van der Waals surface area contributed by atoms with Crippen molar-refractivity contribution >= 4 is 14.1 Å². The number of azide groups is 1. The molecule has 1 aromatic heterocycles. The minimum absolute atomic E-state index is 0.0385. The second kappa shape index (κ2) is 11.9. The number of H-pyrrole nitrogens is 1.